The van der Waals surface area contributed by atoms with Gasteiger partial charge in [-0.05, 0) is 38.5 Å². The van der Waals surface area contributed by atoms with E-state index < -0.39 is 5.97 Å². The standard InChI is InChI=1S/C16H30N2O3/c1-4-7-14-8-6-10-17(11-9-14)16(21)18(12-15(19)20)13(3)5-2/h13-14H,4-12H2,1-3H3,(H,19,20). The van der Waals surface area contributed by atoms with Crippen LogP contribution in [0, 0.1) is 5.92 Å². The number of amides is 2. The zero-order valence-electron chi connectivity index (χ0n) is 13.7. The van der Waals surface area contributed by atoms with Crippen LogP contribution in [0.3, 0.4) is 0 Å². The van der Waals surface area contributed by atoms with Gasteiger partial charge in [-0.3, -0.25) is 4.79 Å². The summed E-state index contributed by atoms with van der Waals surface area (Å²) < 4.78 is 0. The predicted octanol–water partition coefficient (Wildman–Crippen LogP) is 3.19. The molecule has 21 heavy (non-hydrogen) atoms. The summed E-state index contributed by atoms with van der Waals surface area (Å²) >= 11 is 0. The fraction of sp³-hybridized carbons (Fsp3) is 0.875. The van der Waals surface area contributed by atoms with Gasteiger partial charge in [-0.15, -0.1) is 0 Å². The van der Waals surface area contributed by atoms with E-state index in [0.29, 0.717) is 5.92 Å². The maximum Gasteiger partial charge on any atom is 0.323 e. The Morgan fingerprint density at radius 1 is 1.29 bits per heavy atom. The van der Waals surface area contributed by atoms with Crippen LogP contribution in [0.15, 0.2) is 0 Å². The SMILES string of the molecule is CCCC1CCCN(C(=O)N(CC(=O)O)C(C)CC)CC1. The fourth-order valence-corrected chi connectivity index (χ4v) is 3.01. The molecule has 0 aromatic heterocycles. The number of aliphatic carboxylic acids is 1. The average molecular weight is 298 g/mol. The van der Waals surface area contributed by atoms with E-state index in [4.69, 9.17) is 5.11 Å². The molecule has 5 heteroatoms. The monoisotopic (exact) mass is 298 g/mol. The van der Waals surface area contributed by atoms with E-state index in [1.807, 2.05) is 18.7 Å². The first-order valence-electron chi connectivity index (χ1n) is 8.26. The van der Waals surface area contributed by atoms with Gasteiger partial charge in [-0.1, -0.05) is 26.7 Å². The minimum Gasteiger partial charge on any atom is -0.480 e. The number of carboxylic acids is 1. The molecule has 1 aliphatic heterocycles. The minimum absolute atomic E-state index is 0.0386. The third kappa shape index (κ3) is 5.56. The molecule has 0 aromatic rings. The lowest BCUT2D eigenvalue weighted by molar-refractivity contribution is -0.138. The van der Waals surface area contributed by atoms with E-state index in [9.17, 15) is 9.59 Å². The second-order valence-electron chi connectivity index (χ2n) is 6.13. The van der Waals surface area contributed by atoms with Gasteiger partial charge in [-0.2, -0.15) is 0 Å². The van der Waals surface area contributed by atoms with E-state index in [0.717, 1.165) is 32.4 Å². The van der Waals surface area contributed by atoms with Crippen molar-refractivity contribution >= 4 is 12.0 Å². The molecule has 1 N–H and O–H groups in total. The molecule has 2 atom stereocenters. The van der Waals surface area contributed by atoms with Crippen LogP contribution in [0.1, 0.15) is 59.3 Å². The lowest BCUT2D eigenvalue weighted by Gasteiger charge is -2.32. The van der Waals surface area contributed by atoms with Crippen molar-refractivity contribution in [1.29, 1.82) is 0 Å². The third-order valence-electron chi connectivity index (χ3n) is 4.49. The molecular formula is C16H30N2O3. The van der Waals surface area contributed by atoms with Crippen molar-refractivity contribution in [3.63, 3.8) is 0 Å². The molecule has 0 aromatic carbocycles. The van der Waals surface area contributed by atoms with E-state index in [1.54, 1.807) is 0 Å². The highest BCUT2D eigenvalue weighted by atomic mass is 16.4. The number of likely N-dealkylation sites (tertiary alicyclic amines) is 1. The van der Waals surface area contributed by atoms with Crippen molar-refractivity contribution in [2.45, 2.75) is 65.3 Å². The van der Waals surface area contributed by atoms with E-state index in [1.165, 1.54) is 24.2 Å². The number of hydrogen-bond acceptors (Lipinski definition) is 2. The Morgan fingerprint density at radius 3 is 2.57 bits per heavy atom. The van der Waals surface area contributed by atoms with Gasteiger partial charge in [0.15, 0.2) is 0 Å². The second-order valence-corrected chi connectivity index (χ2v) is 6.13. The summed E-state index contributed by atoms with van der Waals surface area (Å²) in [6, 6.07) is -0.146. The third-order valence-corrected chi connectivity index (χ3v) is 4.49. The van der Waals surface area contributed by atoms with Crippen molar-refractivity contribution in [3.8, 4) is 0 Å². The van der Waals surface area contributed by atoms with Crippen LogP contribution in [0.5, 0.6) is 0 Å². The molecule has 0 aliphatic carbocycles. The molecule has 5 nitrogen and oxygen atoms in total. The molecule has 1 aliphatic rings. The number of urea groups is 1. The average Bonchev–Trinajstić information content (AvgIpc) is 2.69. The van der Waals surface area contributed by atoms with Crippen molar-refractivity contribution in [1.82, 2.24) is 9.80 Å². The van der Waals surface area contributed by atoms with Crippen LogP contribution >= 0.6 is 0 Å². The summed E-state index contributed by atoms with van der Waals surface area (Å²) in [5.41, 5.74) is 0. The smallest absolute Gasteiger partial charge is 0.323 e. The lowest BCUT2D eigenvalue weighted by Crippen LogP contribution is -2.49. The molecule has 0 radical (unpaired) electrons. The molecule has 0 spiro atoms. The van der Waals surface area contributed by atoms with Gasteiger partial charge in [0.05, 0.1) is 0 Å². The molecule has 1 fully saturated rings. The van der Waals surface area contributed by atoms with Crippen LogP contribution in [-0.2, 0) is 4.79 Å². The molecule has 122 valence electrons. The molecule has 2 amide bonds. The summed E-state index contributed by atoms with van der Waals surface area (Å²) in [6.07, 6.45) is 6.44. The number of rotatable bonds is 6. The quantitative estimate of drug-likeness (QED) is 0.819. The second kappa shape index (κ2) is 8.90. The van der Waals surface area contributed by atoms with Gasteiger partial charge in [-0.25, -0.2) is 4.79 Å². The van der Waals surface area contributed by atoms with E-state index >= 15 is 0 Å². The molecule has 0 bridgehead atoms. The topological polar surface area (TPSA) is 60.9 Å². The number of nitrogens with zero attached hydrogens (tertiary/aromatic N) is 2. The Hall–Kier alpha value is -1.26. The Balaban J connectivity index is 2.67. The zero-order chi connectivity index (χ0) is 15.8. The Kier molecular flexibility index (Phi) is 7.54. The molecule has 1 rings (SSSR count). The number of carbonyl (C=O) groups excluding carboxylic acids is 1. The summed E-state index contributed by atoms with van der Waals surface area (Å²) in [6.45, 7) is 7.40. The van der Waals surface area contributed by atoms with Crippen LogP contribution in [-0.4, -0.2) is 52.6 Å². The normalized spacial score (nSPS) is 20.7. The Labute approximate surface area is 128 Å². The maximum absolute atomic E-state index is 12.6. The summed E-state index contributed by atoms with van der Waals surface area (Å²) in [5.74, 6) is -0.230. The van der Waals surface area contributed by atoms with Crippen LogP contribution in [0.25, 0.3) is 0 Å². The number of carboxylic acid groups (broad SMARTS) is 1. The van der Waals surface area contributed by atoms with E-state index in [2.05, 4.69) is 6.92 Å². The van der Waals surface area contributed by atoms with Gasteiger partial charge in [0, 0.05) is 19.1 Å². The largest absolute Gasteiger partial charge is 0.480 e. The van der Waals surface area contributed by atoms with E-state index in [-0.39, 0.29) is 18.6 Å². The Bertz CT molecular complexity index is 346. The highest BCUT2D eigenvalue weighted by molar-refractivity contribution is 5.80. The number of hydrogen-bond donors (Lipinski definition) is 1. The predicted molar refractivity (Wildman–Crippen MR) is 83.3 cm³/mol. The lowest BCUT2D eigenvalue weighted by atomic mass is 9.96. The van der Waals surface area contributed by atoms with Gasteiger partial charge >= 0.3 is 12.0 Å². The summed E-state index contributed by atoms with van der Waals surface area (Å²) in [5, 5.41) is 9.03. The van der Waals surface area contributed by atoms with Crippen molar-refractivity contribution in [2.75, 3.05) is 19.6 Å². The van der Waals surface area contributed by atoms with Crippen molar-refractivity contribution in [2.24, 2.45) is 5.92 Å². The summed E-state index contributed by atoms with van der Waals surface area (Å²) in [4.78, 5) is 27.0. The first-order valence-corrected chi connectivity index (χ1v) is 8.26. The zero-order valence-corrected chi connectivity index (χ0v) is 13.7. The molecular weight excluding hydrogens is 268 g/mol. The van der Waals surface area contributed by atoms with Crippen molar-refractivity contribution < 1.29 is 14.7 Å². The van der Waals surface area contributed by atoms with Crippen LogP contribution in [0.2, 0.25) is 0 Å². The highest BCUT2D eigenvalue weighted by Crippen LogP contribution is 2.23. The fourth-order valence-electron chi connectivity index (χ4n) is 3.01. The van der Waals surface area contributed by atoms with Crippen LogP contribution in [0.4, 0.5) is 4.79 Å². The molecule has 0 saturated carbocycles. The van der Waals surface area contributed by atoms with Gasteiger partial charge in [0.2, 0.25) is 0 Å². The first kappa shape index (κ1) is 17.8. The highest BCUT2D eigenvalue weighted by Gasteiger charge is 2.28. The van der Waals surface area contributed by atoms with Crippen molar-refractivity contribution in [3.05, 3.63) is 0 Å². The molecule has 1 heterocycles. The minimum atomic E-state index is -0.942. The first-order chi connectivity index (χ1) is 9.99. The van der Waals surface area contributed by atoms with Crippen LogP contribution < -0.4 is 0 Å². The van der Waals surface area contributed by atoms with Gasteiger partial charge in [0.25, 0.3) is 0 Å². The summed E-state index contributed by atoms with van der Waals surface area (Å²) in [7, 11) is 0. The number of carbonyl (C=O) groups is 2. The molecule has 2 unspecified atom stereocenters. The Morgan fingerprint density at radius 2 is 2.00 bits per heavy atom. The van der Waals surface area contributed by atoms with Gasteiger partial charge < -0.3 is 14.9 Å². The molecule has 1 saturated heterocycles. The van der Waals surface area contributed by atoms with Gasteiger partial charge in [0.1, 0.15) is 6.54 Å². The maximum atomic E-state index is 12.6.